The van der Waals surface area contributed by atoms with Gasteiger partial charge in [-0.15, -0.1) is 0 Å². The Hall–Kier alpha value is -3.85. The van der Waals surface area contributed by atoms with Crippen LogP contribution in [-0.4, -0.2) is 57.1 Å². The van der Waals surface area contributed by atoms with Crippen LogP contribution >= 0.6 is 0 Å². The third-order valence-electron chi connectivity index (χ3n) is 8.23. The number of aryl methyl sites for hydroxylation is 1. The quantitative estimate of drug-likeness (QED) is 0.308. The van der Waals surface area contributed by atoms with Crippen LogP contribution in [0.4, 0.5) is 5.69 Å². The van der Waals surface area contributed by atoms with E-state index in [1.807, 2.05) is 74.5 Å². The zero-order chi connectivity index (χ0) is 31.0. The molecule has 1 aliphatic rings. The molecule has 0 heterocycles. The normalized spacial score (nSPS) is 14.5. The van der Waals surface area contributed by atoms with E-state index in [1.165, 1.54) is 4.90 Å². The highest BCUT2D eigenvalue weighted by molar-refractivity contribution is 7.92. The van der Waals surface area contributed by atoms with Gasteiger partial charge in [0.25, 0.3) is 0 Å². The van der Waals surface area contributed by atoms with Crippen molar-refractivity contribution >= 4 is 27.5 Å². The minimum Gasteiger partial charge on any atom is -0.497 e. The van der Waals surface area contributed by atoms with E-state index in [9.17, 15) is 18.0 Å². The summed E-state index contributed by atoms with van der Waals surface area (Å²) in [6.45, 7) is 3.42. The van der Waals surface area contributed by atoms with Crippen molar-refractivity contribution in [1.82, 2.24) is 10.2 Å². The van der Waals surface area contributed by atoms with Gasteiger partial charge < -0.3 is 15.0 Å². The highest BCUT2D eigenvalue weighted by Gasteiger charge is 2.34. The number of sulfonamides is 1. The van der Waals surface area contributed by atoms with Crippen LogP contribution in [0.5, 0.6) is 5.75 Å². The molecule has 43 heavy (non-hydrogen) atoms. The maximum Gasteiger partial charge on any atom is 0.244 e. The number of hydrogen-bond acceptors (Lipinski definition) is 5. The van der Waals surface area contributed by atoms with Crippen molar-refractivity contribution in [3.05, 3.63) is 95.1 Å². The maximum absolute atomic E-state index is 14.4. The highest BCUT2D eigenvalue weighted by atomic mass is 32.2. The summed E-state index contributed by atoms with van der Waals surface area (Å²) in [6, 6.07) is 21.6. The van der Waals surface area contributed by atoms with E-state index in [2.05, 4.69) is 5.32 Å². The third-order valence-corrected chi connectivity index (χ3v) is 9.36. The molecule has 3 aromatic carbocycles. The predicted octanol–water partition coefficient (Wildman–Crippen LogP) is 5.17. The molecule has 0 bridgehead atoms. The first kappa shape index (κ1) is 32.1. The lowest BCUT2D eigenvalue weighted by atomic mass is 9.94. The summed E-state index contributed by atoms with van der Waals surface area (Å²) < 4.78 is 32.8. The minimum absolute atomic E-state index is 0.0516. The molecule has 1 atom stereocenters. The molecule has 1 saturated carbocycles. The summed E-state index contributed by atoms with van der Waals surface area (Å²) in [5, 5.41) is 3.23. The van der Waals surface area contributed by atoms with Gasteiger partial charge in [0.15, 0.2) is 0 Å². The Morgan fingerprint density at radius 3 is 2.28 bits per heavy atom. The van der Waals surface area contributed by atoms with Gasteiger partial charge >= 0.3 is 0 Å². The summed E-state index contributed by atoms with van der Waals surface area (Å²) in [4.78, 5) is 30.0. The average Bonchev–Trinajstić information content (AvgIpc) is 2.99. The van der Waals surface area contributed by atoms with Crippen LogP contribution < -0.4 is 14.4 Å². The van der Waals surface area contributed by atoms with Gasteiger partial charge in [-0.1, -0.05) is 73.9 Å². The third kappa shape index (κ3) is 8.60. The zero-order valence-corrected chi connectivity index (χ0v) is 26.4. The summed E-state index contributed by atoms with van der Waals surface area (Å²) in [7, 11) is -2.26. The fourth-order valence-electron chi connectivity index (χ4n) is 5.67. The van der Waals surface area contributed by atoms with E-state index in [1.54, 1.807) is 19.2 Å². The molecule has 0 saturated heterocycles. The molecule has 1 fully saturated rings. The molecule has 230 valence electrons. The number of rotatable bonds is 12. The minimum atomic E-state index is -3.83. The van der Waals surface area contributed by atoms with Crippen LogP contribution in [0.3, 0.4) is 0 Å². The van der Waals surface area contributed by atoms with Crippen molar-refractivity contribution < 1.29 is 22.7 Å². The lowest BCUT2D eigenvalue weighted by Crippen LogP contribution is -2.55. The van der Waals surface area contributed by atoms with Crippen molar-refractivity contribution in [2.75, 3.05) is 24.2 Å². The Morgan fingerprint density at radius 2 is 1.60 bits per heavy atom. The van der Waals surface area contributed by atoms with Gasteiger partial charge in [0.2, 0.25) is 21.8 Å². The number of carbonyl (C=O) groups excluding carboxylic acids is 2. The van der Waals surface area contributed by atoms with E-state index < -0.39 is 28.5 Å². The second kappa shape index (κ2) is 14.6. The second-order valence-electron chi connectivity index (χ2n) is 11.4. The first-order chi connectivity index (χ1) is 20.6. The number of anilines is 1. The molecule has 0 aliphatic heterocycles. The molecule has 3 aromatic rings. The number of hydrogen-bond donors (Lipinski definition) is 1. The molecule has 2 amide bonds. The van der Waals surface area contributed by atoms with Gasteiger partial charge in [0.1, 0.15) is 18.3 Å². The smallest absolute Gasteiger partial charge is 0.244 e. The average molecular weight is 606 g/mol. The number of amides is 2. The number of benzene rings is 3. The monoisotopic (exact) mass is 605 g/mol. The van der Waals surface area contributed by atoms with Gasteiger partial charge in [-0.3, -0.25) is 13.9 Å². The van der Waals surface area contributed by atoms with E-state index in [4.69, 9.17) is 4.74 Å². The van der Waals surface area contributed by atoms with Crippen molar-refractivity contribution in [2.45, 2.75) is 71.0 Å². The van der Waals surface area contributed by atoms with Crippen LogP contribution in [0, 0.1) is 13.8 Å². The number of nitrogens with one attached hydrogen (secondary N) is 1. The topological polar surface area (TPSA) is 96.0 Å². The summed E-state index contributed by atoms with van der Waals surface area (Å²) >= 11 is 0. The van der Waals surface area contributed by atoms with Crippen LogP contribution in [0.25, 0.3) is 0 Å². The Labute approximate surface area is 256 Å². The van der Waals surface area contributed by atoms with Crippen LogP contribution in [0.1, 0.15) is 54.4 Å². The summed E-state index contributed by atoms with van der Waals surface area (Å²) in [5.41, 5.74) is 3.82. The maximum atomic E-state index is 14.4. The van der Waals surface area contributed by atoms with Crippen molar-refractivity contribution in [1.29, 1.82) is 0 Å². The molecule has 0 aromatic heterocycles. The predicted molar refractivity (Wildman–Crippen MR) is 171 cm³/mol. The van der Waals surface area contributed by atoms with Gasteiger partial charge in [-0.25, -0.2) is 8.42 Å². The molecule has 0 radical (unpaired) electrons. The summed E-state index contributed by atoms with van der Waals surface area (Å²) in [5.74, 6) is -0.0668. The van der Waals surface area contributed by atoms with Crippen LogP contribution in [0.2, 0.25) is 0 Å². The molecular weight excluding hydrogens is 562 g/mol. The molecule has 0 unspecified atom stereocenters. The fourth-order valence-corrected chi connectivity index (χ4v) is 6.57. The van der Waals surface area contributed by atoms with Crippen molar-refractivity contribution in [3.63, 3.8) is 0 Å². The summed E-state index contributed by atoms with van der Waals surface area (Å²) in [6.07, 6.45) is 6.47. The highest BCUT2D eigenvalue weighted by Crippen LogP contribution is 2.26. The van der Waals surface area contributed by atoms with Crippen LogP contribution in [-0.2, 0) is 32.6 Å². The number of methoxy groups -OCH3 is 1. The number of nitrogens with zero attached hydrogens (tertiary/aromatic N) is 2. The molecule has 1 aliphatic carbocycles. The van der Waals surface area contributed by atoms with Crippen molar-refractivity contribution in [3.8, 4) is 5.75 Å². The lowest BCUT2D eigenvalue weighted by molar-refractivity contribution is -0.140. The first-order valence-corrected chi connectivity index (χ1v) is 16.7. The Morgan fingerprint density at radius 1 is 0.930 bits per heavy atom. The molecule has 0 spiro atoms. The van der Waals surface area contributed by atoms with Gasteiger partial charge in [0, 0.05) is 19.0 Å². The van der Waals surface area contributed by atoms with Crippen molar-refractivity contribution in [2.24, 2.45) is 0 Å². The van der Waals surface area contributed by atoms with E-state index in [-0.39, 0.29) is 24.9 Å². The van der Waals surface area contributed by atoms with E-state index in [0.29, 0.717) is 11.4 Å². The first-order valence-electron chi connectivity index (χ1n) is 14.9. The van der Waals surface area contributed by atoms with Gasteiger partial charge in [0.05, 0.1) is 19.1 Å². The Kier molecular flexibility index (Phi) is 10.9. The molecule has 4 rings (SSSR count). The molecule has 8 nitrogen and oxygen atoms in total. The largest absolute Gasteiger partial charge is 0.497 e. The van der Waals surface area contributed by atoms with Crippen LogP contribution in [0.15, 0.2) is 72.8 Å². The molecular formula is C34H43N3O5S. The molecule has 1 N–H and O–H groups in total. The molecule has 9 heteroatoms. The SMILES string of the molecule is COc1cccc(CN(C(=O)CN(c2cccc(C)c2C)S(C)(=O)=O)[C@@H](Cc2ccccc2)C(=O)NC2CCCCC2)c1. The van der Waals surface area contributed by atoms with Gasteiger partial charge in [-0.2, -0.15) is 0 Å². The van der Waals surface area contributed by atoms with E-state index >= 15 is 0 Å². The Balaban J connectivity index is 1.75. The van der Waals surface area contributed by atoms with E-state index in [0.717, 1.165) is 64.9 Å². The number of ether oxygens (including phenoxy) is 1. The fraction of sp³-hybridized carbons (Fsp3) is 0.412. The lowest BCUT2D eigenvalue weighted by Gasteiger charge is -2.35. The standard InChI is InChI=1S/C34H43N3O5S/c1-25-13-11-20-31(26(25)2)37(43(4,40)41)24-33(38)36(23-28-16-12-19-30(21-28)42-3)32(22-27-14-7-5-8-15-27)34(39)35-29-17-9-6-10-18-29/h5,7-8,11-16,19-21,29,32H,6,9-10,17-18,22-24H2,1-4H3,(H,35,39)/t32-/m0/s1. The Bertz CT molecular complexity index is 1500. The van der Waals surface area contributed by atoms with Gasteiger partial charge in [-0.05, 0) is 67.1 Å². The second-order valence-corrected chi connectivity index (χ2v) is 13.3. The zero-order valence-electron chi connectivity index (χ0n) is 25.6. The number of carbonyl (C=O) groups is 2.